The van der Waals surface area contributed by atoms with E-state index in [4.69, 9.17) is 42.7 Å². The molecule has 2 aromatic heterocycles. The third-order valence-corrected chi connectivity index (χ3v) is 3.59. The number of rotatable bonds is 2. The summed E-state index contributed by atoms with van der Waals surface area (Å²) < 4.78 is 0. The highest BCUT2D eigenvalue weighted by atomic mass is 16.4. The molecular formula is C20H20N10O4. The lowest BCUT2D eigenvalue weighted by Crippen LogP contribution is -2.09. The Morgan fingerprint density at radius 2 is 0.765 bits per heavy atom. The van der Waals surface area contributed by atoms with Crippen LogP contribution in [0, 0.1) is 0 Å². The van der Waals surface area contributed by atoms with Crippen LogP contribution in [0.2, 0.25) is 0 Å². The summed E-state index contributed by atoms with van der Waals surface area (Å²) in [6.07, 6.45) is 0. The number of benzene rings is 2. The van der Waals surface area contributed by atoms with Gasteiger partial charge in [-0.05, 0) is 0 Å². The number of aliphatic carboxylic acids is 2. The third-order valence-electron chi connectivity index (χ3n) is 3.59. The Morgan fingerprint density at radius 1 is 0.500 bits per heavy atom. The van der Waals surface area contributed by atoms with E-state index in [9.17, 15) is 0 Å². The van der Waals surface area contributed by atoms with E-state index in [1.807, 2.05) is 60.7 Å². The Hall–Kier alpha value is -5.40. The highest BCUT2D eigenvalue weighted by Crippen LogP contribution is 2.15. The van der Waals surface area contributed by atoms with E-state index in [0.717, 1.165) is 11.1 Å². The maximum Gasteiger partial charge on any atom is 0.414 e. The zero-order chi connectivity index (χ0) is 25.1. The second-order valence-electron chi connectivity index (χ2n) is 6.09. The normalized spacial score (nSPS) is 9.53. The monoisotopic (exact) mass is 464 g/mol. The van der Waals surface area contributed by atoms with Gasteiger partial charge < -0.3 is 33.1 Å². The first-order valence-electron chi connectivity index (χ1n) is 9.26. The van der Waals surface area contributed by atoms with Crippen LogP contribution in [0.5, 0.6) is 0 Å². The Morgan fingerprint density at radius 3 is 1.00 bits per heavy atom. The van der Waals surface area contributed by atoms with Gasteiger partial charge in [-0.2, -0.15) is 29.9 Å². The first kappa shape index (κ1) is 24.9. The molecule has 0 saturated carbocycles. The van der Waals surface area contributed by atoms with Crippen LogP contribution in [0.1, 0.15) is 0 Å². The molecule has 10 N–H and O–H groups in total. The highest BCUT2D eigenvalue weighted by Gasteiger charge is 2.05. The fourth-order valence-corrected chi connectivity index (χ4v) is 2.25. The molecule has 0 aliphatic carbocycles. The lowest BCUT2D eigenvalue weighted by atomic mass is 10.2. The fraction of sp³-hybridized carbons (Fsp3) is 0. The van der Waals surface area contributed by atoms with E-state index in [2.05, 4.69) is 29.9 Å². The summed E-state index contributed by atoms with van der Waals surface area (Å²) in [6, 6.07) is 18.9. The summed E-state index contributed by atoms with van der Waals surface area (Å²) in [5.41, 5.74) is 23.6. The van der Waals surface area contributed by atoms with Crippen molar-refractivity contribution in [2.24, 2.45) is 0 Å². The van der Waals surface area contributed by atoms with E-state index in [1.165, 1.54) is 0 Å². The van der Waals surface area contributed by atoms with Crippen molar-refractivity contribution in [1.82, 2.24) is 29.9 Å². The molecule has 0 atom stereocenters. The zero-order valence-corrected chi connectivity index (χ0v) is 17.5. The standard InChI is InChI=1S/2C9H9N5.C2H2O4/c2*10-8-12-7(13-9(11)14-8)6-4-2-1-3-5-6;3-1(4)2(5)6/h2*1-5H,(H4,10,11,12,13,14);(H,3,4)(H,5,6). The Kier molecular flexibility index (Phi) is 8.66. The maximum atomic E-state index is 9.10. The van der Waals surface area contributed by atoms with Crippen LogP contribution < -0.4 is 22.9 Å². The van der Waals surface area contributed by atoms with Crippen molar-refractivity contribution in [3.05, 3.63) is 60.7 Å². The summed E-state index contributed by atoms with van der Waals surface area (Å²) in [7, 11) is 0. The average Bonchev–Trinajstić information content (AvgIpc) is 2.80. The fourth-order valence-electron chi connectivity index (χ4n) is 2.25. The quantitative estimate of drug-likeness (QED) is 0.222. The van der Waals surface area contributed by atoms with Gasteiger partial charge in [-0.15, -0.1) is 0 Å². The van der Waals surface area contributed by atoms with Gasteiger partial charge in [0.2, 0.25) is 23.8 Å². The Labute approximate surface area is 192 Å². The summed E-state index contributed by atoms with van der Waals surface area (Å²) in [5, 5.41) is 14.8. The van der Waals surface area contributed by atoms with Gasteiger partial charge >= 0.3 is 11.9 Å². The third kappa shape index (κ3) is 8.03. The van der Waals surface area contributed by atoms with Gasteiger partial charge in [0, 0.05) is 11.1 Å². The average molecular weight is 464 g/mol. The van der Waals surface area contributed by atoms with Gasteiger partial charge in [0.15, 0.2) is 11.6 Å². The molecule has 2 aromatic carbocycles. The topological polar surface area (TPSA) is 256 Å². The van der Waals surface area contributed by atoms with Crippen LogP contribution in [0.25, 0.3) is 22.8 Å². The molecule has 0 saturated heterocycles. The highest BCUT2D eigenvalue weighted by molar-refractivity contribution is 6.27. The number of nitrogens with two attached hydrogens (primary N) is 4. The van der Waals surface area contributed by atoms with Crippen molar-refractivity contribution in [3.63, 3.8) is 0 Å². The minimum Gasteiger partial charge on any atom is -0.473 e. The second kappa shape index (κ2) is 11.8. The molecule has 0 radical (unpaired) electrons. The molecule has 0 bridgehead atoms. The van der Waals surface area contributed by atoms with Crippen LogP contribution in [-0.2, 0) is 9.59 Å². The minimum absolute atomic E-state index is 0.136. The van der Waals surface area contributed by atoms with Crippen molar-refractivity contribution < 1.29 is 19.8 Å². The Bertz CT molecular complexity index is 1120. The smallest absolute Gasteiger partial charge is 0.414 e. The molecule has 0 unspecified atom stereocenters. The molecule has 0 amide bonds. The van der Waals surface area contributed by atoms with Crippen molar-refractivity contribution in [3.8, 4) is 22.8 Å². The van der Waals surface area contributed by atoms with Crippen LogP contribution >= 0.6 is 0 Å². The van der Waals surface area contributed by atoms with Crippen LogP contribution in [0.4, 0.5) is 23.8 Å². The summed E-state index contributed by atoms with van der Waals surface area (Å²) in [6.45, 7) is 0. The molecule has 0 fully saturated rings. The van der Waals surface area contributed by atoms with Gasteiger partial charge in [0.1, 0.15) is 0 Å². The molecule has 4 rings (SSSR count). The van der Waals surface area contributed by atoms with E-state index in [0.29, 0.717) is 11.6 Å². The predicted octanol–water partition coefficient (Wildman–Crippen LogP) is 0.562. The van der Waals surface area contributed by atoms with Crippen molar-refractivity contribution in [2.75, 3.05) is 22.9 Å². The minimum atomic E-state index is -1.82. The summed E-state index contributed by atoms with van der Waals surface area (Å²) in [4.78, 5) is 41.5. The van der Waals surface area contributed by atoms with Gasteiger partial charge in [0.05, 0.1) is 0 Å². The van der Waals surface area contributed by atoms with E-state index >= 15 is 0 Å². The number of carboxylic acids is 2. The Balaban J connectivity index is 0.000000196. The van der Waals surface area contributed by atoms with Gasteiger partial charge in [-0.25, -0.2) is 9.59 Å². The SMILES string of the molecule is Nc1nc(N)nc(-c2ccccc2)n1.Nc1nc(N)nc(-c2ccccc2)n1.O=C(O)C(=O)O. The summed E-state index contributed by atoms with van der Waals surface area (Å²) in [5.74, 6) is -2.11. The van der Waals surface area contributed by atoms with Crippen molar-refractivity contribution >= 4 is 35.7 Å². The number of aromatic nitrogens is 6. The lowest BCUT2D eigenvalue weighted by Gasteiger charge is -2.00. The lowest BCUT2D eigenvalue weighted by molar-refractivity contribution is -0.159. The maximum absolute atomic E-state index is 9.10. The molecule has 2 heterocycles. The largest absolute Gasteiger partial charge is 0.473 e. The van der Waals surface area contributed by atoms with E-state index in [1.54, 1.807) is 0 Å². The molecule has 174 valence electrons. The molecule has 4 aromatic rings. The molecular weight excluding hydrogens is 444 g/mol. The van der Waals surface area contributed by atoms with Crippen LogP contribution in [-0.4, -0.2) is 52.1 Å². The number of nitrogens with zero attached hydrogens (tertiary/aromatic N) is 6. The molecule has 0 aliphatic heterocycles. The first-order chi connectivity index (χ1) is 16.2. The number of carbonyl (C=O) groups is 2. The second-order valence-corrected chi connectivity index (χ2v) is 6.09. The summed E-state index contributed by atoms with van der Waals surface area (Å²) >= 11 is 0. The molecule has 14 nitrogen and oxygen atoms in total. The van der Waals surface area contributed by atoms with E-state index in [-0.39, 0.29) is 23.8 Å². The zero-order valence-electron chi connectivity index (χ0n) is 17.5. The van der Waals surface area contributed by atoms with Crippen molar-refractivity contribution in [2.45, 2.75) is 0 Å². The van der Waals surface area contributed by atoms with Crippen LogP contribution in [0.3, 0.4) is 0 Å². The number of hydrogen-bond acceptors (Lipinski definition) is 12. The number of anilines is 4. The number of hydrogen-bond donors (Lipinski definition) is 6. The predicted molar refractivity (Wildman–Crippen MR) is 123 cm³/mol. The molecule has 0 spiro atoms. The number of nitrogen functional groups attached to an aromatic ring is 4. The van der Waals surface area contributed by atoms with Gasteiger partial charge in [0.25, 0.3) is 0 Å². The van der Waals surface area contributed by atoms with Crippen molar-refractivity contribution in [1.29, 1.82) is 0 Å². The molecule has 14 heteroatoms. The first-order valence-corrected chi connectivity index (χ1v) is 9.26. The van der Waals surface area contributed by atoms with Crippen LogP contribution in [0.15, 0.2) is 60.7 Å². The number of carboxylic acid groups (broad SMARTS) is 2. The molecule has 34 heavy (non-hydrogen) atoms. The van der Waals surface area contributed by atoms with E-state index < -0.39 is 11.9 Å². The van der Waals surface area contributed by atoms with Gasteiger partial charge in [-0.3, -0.25) is 0 Å². The van der Waals surface area contributed by atoms with Gasteiger partial charge in [-0.1, -0.05) is 60.7 Å². The molecule has 0 aliphatic rings.